The standard InChI is InChI=1S/C29H27N3O3/c1-34-27-14-7-4-11-24(27)29(33)30-20-28-31-25-12-5-6-13-26(25)32(28)17-8-18-35-23-16-15-21-9-2-3-10-22(21)19-23/h2-7,9-16,19H,8,17-18,20H2,1H3,(H,30,33). The van der Waals surface area contributed by atoms with E-state index in [-0.39, 0.29) is 5.91 Å². The summed E-state index contributed by atoms with van der Waals surface area (Å²) < 4.78 is 13.5. The molecule has 0 saturated heterocycles. The normalized spacial score (nSPS) is 11.0. The van der Waals surface area contributed by atoms with E-state index >= 15 is 0 Å². The molecule has 0 fully saturated rings. The van der Waals surface area contributed by atoms with Crippen LogP contribution in [0.5, 0.6) is 11.5 Å². The van der Waals surface area contributed by atoms with Crippen LogP contribution >= 0.6 is 0 Å². The molecular formula is C29H27N3O3. The molecule has 1 amide bonds. The van der Waals surface area contributed by atoms with E-state index < -0.39 is 0 Å². The van der Waals surface area contributed by atoms with Crippen LogP contribution < -0.4 is 14.8 Å². The zero-order chi connectivity index (χ0) is 24.0. The first-order valence-electron chi connectivity index (χ1n) is 11.7. The molecule has 5 rings (SSSR count). The number of amides is 1. The summed E-state index contributed by atoms with van der Waals surface area (Å²) in [6.07, 6.45) is 0.806. The number of carbonyl (C=O) groups excluding carboxylic acids is 1. The van der Waals surface area contributed by atoms with Crippen molar-refractivity contribution in [1.29, 1.82) is 0 Å². The summed E-state index contributed by atoms with van der Waals surface area (Å²) in [6, 6.07) is 29.6. The summed E-state index contributed by atoms with van der Waals surface area (Å²) in [5.74, 6) is 2.02. The van der Waals surface area contributed by atoms with Gasteiger partial charge in [0.1, 0.15) is 17.3 Å². The van der Waals surface area contributed by atoms with Gasteiger partial charge in [-0.3, -0.25) is 4.79 Å². The number of rotatable bonds is 9. The van der Waals surface area contributed by atoms with Crippen molar-refractivity contribution in [3.8, 4) is 11.5 Å². The van der Waals surface area contributed by atoms with Gasteiger partial charge in [0.25, 0.3) is 5.91 Å². The summed E-state index contributed by atoms with van der Waals surface area (Å²) in [5, 5.41) is 5.36. The van der Waals surface area contributed by atoms with Gasteiger partial charge >= 0.3 is 0 Å². The Kier molecular flexibility index (Phi) is 6.61. The highest BCUT2D eigenvalue weighted by molar-refractivity contribution is 5.96. The third-order valence-electron chi connectivity index (χ3n) is 6.01. The summed E-state index contributed by atoms with van der Waals surface area (Å²) in [6.45, 7) is 1.63. The van der Waals surface area contributed by atoms with Crippen molar-refractivity contribution in [2.75, 3.05) is 13.7 Å². The van der Waals surface area contributed by atoms with Gasteiger partial charge in [0.2, 0.25) is 0 Å². The number of para-hydroxylation sites is 3. The highest BCUT2D eigenvalue weighted by Gasteiger charge is 2.15. The Labute approximate surface area is 204 Å². The zero-order valence-corrected chi connectivity index (χ0v) is 19.6. The predicted molar refractivity (Wildman–Crippen MR) is 138 cm³/mol. The Bertz CT molecular complexity index is 1470. The van der Waals surface area contributed by atoms with Crippen LogP contribution in [0.2, 0.25) is 0 Å². The monoisotopic (exact) mass is 465 g/mol. The molecule has 1 heterocycles. The number of imidazole rings is 1. The maximum absolute atomic E-state index is 12.8. The van der Waals surface area contributed by atoms with Crippen molar-refractivity contribution < 1.29 is 14.3 Å². The average Bonchev–Trinajstić information content (AvgIpc) is 3.27. The number of fused-ring (bicyclic) bond motifs is 2. The molecule has 6 heteroatoms. The first-order chi connectivity index (χ1) is 17.2. The predicted octanol–water partition coefficient (Wildman–Crippen LogP) is 5.60. The molecule has 4 aromatic carbocycles. The Morgan fingerprint density at radius 3 is 2.57 bits per heavy atom. The SMILES string of the molecule is COc1ccccc1C(=O)NCc1nc2ccccc2n1CCCOc1ccc2ccccc2c1. The maximum atomic E-state index is 12.8. The van der Waals surface area contributed by atoms with E-state index in [0.717, 1.165) is 35.6 Å². The molecule has 0 aliphatic heterocycles. The van der Waals surface area contributed by atoms with E-state index in [4.69, 9.17) is 14.5 Å². The lowest BCUT2D eigenvalue weighted by Gasteiger charge is -2.12. The smallest absolute Gasteiger partial charge is 0.255 e. The van der Waals surface area contributed by atoms with Crippen LogP contribution in [0.3, 0.4) is 0 Å². The number of hydrogen-bond donors (Lipinski definition) is 1. The molecule has 0 aliphatic rings. The number of carbonyl (C=O) groups is 1. The molecule has 0 saturated carbocycles. The van der Waals surface area contributed by atoms with Gasteiger partial charge in [-0.15, -0.1) is 0 Å². The van der Waals surface area contributed by atoms with Gasteiger partial charge in [0.05, 0.1) is 36.9 Å². The molecule has 0 radical (unpaired) electrons. The molecule has 0 bridgehead atoms. The van der Waals surface area contributed by atoms with Crippen LogP contribution in [0, 0.1) is 0 Å². The van der Waals surface area contributed by atoms with E-state index in [1.165, 1.54) is 10.8 Å². The molecule has 5 aromatic rings. The number of aromatic nitrogens is 2. The topological polar surface area (TPSA) is 65.4 Å². The maximum Gasteiger partial charge on any atom is 0.255 e. The first kappa shape index (κ1) is 22.5. The van der Waals surface area contributed by atoms with E-state index in [1.807, 2.05) is 48.5 Å². The number of ether oxygens (including phenoxy) is 2. The fourth-order valence-electron chi connectivity index (χ4n) is 4.27. The van der Waals surface area contributed by atoms with Crippen molar-refractivity contribution in [2.45, 2.75) is 19.5 Å². The second kappa shape index (κ2) is 10.3. The van der Waals surface area contributed by atoms with Crippen LogP contribution in [-0.2, 0) is 13.1 Å². The summed E-state index contributed by atoms with van der Waals surface area (Å²) in [7, 11) is 1.56. The summed E-state index contributed by atoms with van der Waals surface area (Å²) in [5.41, 5.74) is 2.45. The molecule has 1 N–H and O–H groups in total. The third-order valence-corrected chi connectivity index (χ3v) is 6.01. The minimum Gasteiger partial charge on any atom is -0.496 e. The first-order valence-corrected chi connectivity index (χ1v) is 11.7. The second-order valence-corrected chi connectivity index (χ2v) is 8.26. The van der Waals surface area contributed by atoms with E-state index in [0.29, 0.717) is 24.5 Å². The number of nitrogens with one attached hydrogen (secondary N) is 1. The minimum absolute atomic E-state index is 0.194. The Morgan fingerprint density at radius 2 is 1.69 bits per heavy atom. The average molecular weight is 466 g/mol. The lowest BCUT2D eigenvalue weighted by atomic mass is 10.1. The highest BCUT2D eigenvalue weighted by atomic mass is 16.5. The molecule has 1 aromatic heterocycles. The van der Waals surface area contributed by atoms with Crippen LogP contribution in [0.15, 0.2) is 91.0 Å². The van der Waals surface area contributed by atoms with E-state index in [1.54, 1.807) is 19.2 Å². The lowest BCUT2D eigenvalue weighted by molar-refractivity contribution is 0.0946. The van der Waals surface area contributed by atoms with Gasteiger partial charge in [-0.05, 0) is 53.6 Å². The van der Waals surface area contributed by atoms with Gasteiger partial charge in [-0.1, -0.05) is 54.6 Å². The molecule has 35 heavy (non-hydrogen) atoms. The fourth-order valence-corrected chi connectivity index (χ4v) is 4.27. The summed E-state index contributed by atoms with van der Waals surface area (Å²) in [4.78, 5) is 17.6. The number of nitrogens with zero attached hydrogens (tertiary/aromatic N) is 2. The van der Waals surface area contributed by atoms with Gasteiger partial charge in [-0.25, -0.2) is 4.98 Å². The largest absolute Gasteiger partial charge is 0.496 e. The zero-order valence-electron chi connectivity index (χ0n) is 19.6. The Hall–Kier alpha value is -4.32. The molecule has 0 unspecified atom stereocenters. The molecular weight excluding hydrogens is 438 g/mol. The molecule has 176 valence electrons. The fraction of sp³-hybridized carbons (Fsp3) is 0.172. The van der Waals surface area contributed by atoms with Crippen LogP contribution in [-0.4, -0.2) is 29.2 Å². The second-order valence-electron chi connectivity index (χ2n) is 8.26. The van der Waals surface area contributed by atoms with Crippen molar-refractivity contribution >= 4 is 27.7 Å². The van der Waals surface area contributed by atoms with E-state index in [2.05, 4.69) is 40.2 Å². The van der Waals surface area contributed by atoms with Gasteiger partial charge in [-0.2, -0.15) is 0 Å². The third kappa shape index (κ3) is 4.96. The highest BCUT2D eigenvalue weighted by Crippen LogP contribution is 2.22. The quantitative estimate of drug-likeness (QED) is 0.288. The van der Waals surface area contributed by atoms with Crippen molar-refractivity contribution in [3.05, 3.63) is 102 Å². The molecule has 0 atom stereocenters. The van der Waals surface area contributed by atoms with Gasteiger partial charge in [0, 0.05) is 6.54 Å². The summed E-state index contributed by atoms with van der Waals surface area (Å²) >= 11 is 0. The number of methoxy groups -OCH3 is 1. The van der Waals surface area contributed by atoms with Crippen LogP contribution in [0.25, 0.3) is 21.8 Å². The lowest BCUT2D eigenvalue weighted by Crippen LogP contribution is -2.25. The molecule has 0 aliphatic carbocycles. The van der Waals surface area contributed by atoms with E-state index in [9.17, 15) is 4.79 Å². The molecule has 0 spiro atoms. The van der Waals surface area contributed by atoms with Gasteiger partial charge < -0.3 is 19.4 Å². The number of hydrogen-bond acceptors (Lipinski definition) is 4. The van der Waals surface area contributed by atoms with Gasteiger partial charge in [0.15, 0.2) is 0 Å². The Balaban J connectivity index is 1.26. The van der Waals surface area contributed by atoms with Crippen molar-refractivity contribution in [2.24, 2.45) is 0 Å². The van der Waals surface area contributed by atoms with Crippen LogP contribution in [0.4, 0.5) is 0 Å². The molecule has 6 nitrogen and oxygen atoms in total. The number of benzene rings is 4. The van der Waals surface area contributed by atoms with Crippen LogP contribution in [0.1, 0.15) is 22.6 Å². The number of aryl methyl sites for hydroxylation is 1. The van der Waals surface area contributed by atoms with Crippen molar-refractivity contribution in [1.82, 2.24) is 14.9 Å². The van der Waals surface area contributed by atoms with Crippen molar-refractivity contribution in [3.63, 3.8) is 0 Å². The Morgan fingerprint density at radius 1 is 0.914 bits per heavy atom. The minimum atomic E-state index is -0.194.